The molecule has 18 heavy (non-hydrogen) atoms. The molecule has 0 radical (unpaired) electrons. The molecule has 1 saturated carbocycles. The highest BCUT2D eigenvalue weighted by Crippen LogP contribution is 2.28. The van der Waals surface area contributed by atoms with Gasteiger partial charge in [0.1, 0.15) is 0 Å². The third-order valence-corrected chi connectivity index (χ3v) is 3.81. The molecule has 4 heteroatoms. The minimum atomic E-state index is -0.369. The van der Waals surface area contributed by atoms with E-state index in [9.17, 15) is 5.11 Å². The Morgan fingerprint density at radius 2 is 2.22 bits per heavy atom. The van der Waals surface area contributed by atoms with Crippen LogP contribution in [-0.2, 0) is 11.2 Å². The van der Waals surface area contributed by atoms with Gasteiger partial charge in [0.2, 0.25) is 0 Å². The van der Waals surface area contributed by atoms with Crippen molar-refractivity contribution in [2.45, 2.75) is 63.7 Å². The average Bonchev–Trinajstić information content (AvgIpc) is 2.98. The van der Waals surface area contributed by atoms with Crippen LogP contribution in [0.3, 0.4) is 0 Å². The molecule has 102 valence electrons. The lowest BCUT2D eigenvalue weighted by atomic mass is 10.1. The summed E-state index contributed by atoms with van der Waals surface area (Å²) in [5.41, 5.74) is 0.984. The number of aliphatic hydroxyl groups is 1. The van der Waals surface area contributed by atoms with Gasteiger partial charge in [0, 0.05) is 19.7 Å². The summed E-state index contributed by atoms with van der Waals surface area (Å²) in [6, 6.07) is 2.60. The van der Waals surface area contributed by atoms with Crippen molar-refractivity contribution < 1.29 is 9.84 Å². The van der Waals surface area contributed by atoms with Gasteiger partial charge in [-0.15, -0.1) is 0 Å². The van der Waals surface area contributed by atoms with Crippen molar-refractivity contribution >= 4 is 0 Å². The Kier molecular flexibility index (Phi) is 4.78. The summed E-state index contributed by atoms with van der Waals surface area (Å²) in [6.07, 6.45) is 8.16. The van der Waals surface area contributed by atoms with E-state index in [1.54, 1.807) is 7.11 Å². The van der Waals surface area contributed by atoms with Crippen LogP contribution >= 0.6 is 0 Å². The number of aromatic nitrogens is 2. The second kappa shape index (κ2) is 6.34. The van der Waals surface area contributed by atoms with Crippen molar-refractivity contribution in [2.24, 2.45) is 0 Å². The summed E-state index contributed by atoms with van der Waals surface area (Å²) in [4.78, 5) is 0. The first-order valence-electron chi connectivity index (χ1n) is 6.94. The second-order valence-electron chi connectivity index (χ2n) is 5.37. The van der Waals surface area contributed by atoms with Crippen molar-refractivity contribution in [1.29, 1.82) is 0 Å². The van der Waals surface area contributed by atoms with Crippen LogP contribution in [0.15, 0.2) is 12.3 Å². The maximum atomic E-state index is 9.95. The quantitative estimate of drug-likeness (QED) is 0.845. The zero-order valence-corrected chi connectivity index (χ0v) is 11.4. The van der Waals surface area contributed by atoms with E-state index in [2.05, 4.69) is 16.0 Å². The first kappa shape index (κ1) is 13.6. The number of hydrogen-bond acceptors (Lipinski definition) is 3. The van der Waals surface area contributed by atoms with E-state index in [0.29, 0.717) is 18.9 Å². The molecule has 1 heterocycles. The fourth-order valence-corrected chi connectivity index (χ4v) is 2.66. The fourth-order valence-electron chi connectivity index (χ4n) is 2.66. The summed E-state index contributed by atoms with van der Waals surface area (Å²) in [7, 11) is 1.67. The van der Waals surface area contributed by atoms with Crippen molar-refractivity contribution in [2.75, 3.05) is 7.11 Å². The molecule has 0 saturated heterocycles. The topological polar surface area (TPSA) is 47.3 Å². The minimum absolute atomic E-state index is 0.0944. The van der Waals surface area contributed by atoms with E-state index in [1.807, 2.05) is 13.0 Å². The van der Waals surface area contributed by atoms with Gasteiger partial charge in [-0.05, 0) is 32.3 Å². The zero-order valence-electron chi connectivity index (χ0n) is 11.4. The molecule has 1 aromatic rings. The minimum Gasteiger partial charge on any atom is -0.393 e. The van der Waals surface area contributed by atoms with E-state index in [0.717, 1.165) is 5.69 Å². The molecule has 1 aromatic heterocycles. The lowest BCUT2D eigenvalue weighted by Crippen LogP contribution is -2.19. The predicted molar refractivity (Wildman–Crippen MR) is 70.5 cm³/mol. The van der Waals surface area contributed by atoms with E-state index in [4.69, 9.17) is 4.74 Å². The third kappa shape index (κ3) is 3.56. The van der Waals surface area contributed by atoms with Crippen LogP contribution in [0.25, 0.3) is 0 Å². The molecule has 0 spiro atoms. The van der Waals surface area contributed by atoms with Gasteiger partial charge in [-0.1, -0.05) is 12.8 Å². The van der Waals surface area contributed by atoms with Crippen molar-refractivity contribution in [1.82, 2.24) is 9.78 Å². The second-order valence-corrected chi connectivity index (χ2v) is 5.37. The first-order valence-corrected chi connectivity index (χ1v) is 6.94. The Bertz CT molecular complexity index is 358. The highest BCUT2D eigenvalue weighted by molar-refractivity contribution is 5.02. The summed E-state index contributed by atoms with van der Waals surface area (Å²) >= 11 is 0. The van der Waals surface area contributed by atoms with Gasteiger partial charge in [0.15, 0.2) is 0 Å². The van der Waals surface area contributed by atoms with Crippen LogP contribution in [0.2, 0.25) is 0 Å². The summed E-state index contributed by atoms with van der Waals surface area (Å²) in [5.74, 6) is 0. The van der Waals surface area contributed by atoms with Gasteiger partial charge in [-0.25, -0.2) is 0 Å². The number of aliphatic hydroxyl groups excluding tert-OH is 1. The predicted octanol–water partition coefficient (Wildman–Crippen LogP) is 2.33. The van der Waals surface area contributed by atoms with Crippen LogP contribution in [-0.4, -0.2) is 34.2 Å². The summed E-state index contributed by atoms with van der Waals surface area (Å²) in [6.45, 7) is 1.97. The van der Waals surface area contributed by atoms with Gasteiger partial charge in [0.05, 0.1) is 23.9 Å². The maximum absolute atomic E-state index is 9.95. The van der Waals surface area contributed by atoms with Crippen molar-refractivity contribution in [3.63, 3.8) is 0 Å². The molecule has 0 amide bonds. The van der Waals surface area contributed by atoms with Crippen LogP contribution in [0, 0.1) is 0 Å². The Balaban J connectivity index is 1.85. The number of rotatable bonds is 6. The molecule has 4 nitrogen and oxygen atoms in total. The molecule has 1 fully saturated rings. The SMILES string of the molecule is COC(C)CC(O)Cc1ccn(C2CCCC2)n1. The van der Waals surface area contributed by atoms with Gasteiger partial charge in [-0.2, -0.15) is 5.10 Å². The van der Waals surface area contributed by atoms with Crippen LogP contribution in [0.5, 0.6) is 0 Å². The highest BCUT2D eigenvalue weighted by Gasteiger charge is 2.18. The monoisotopic (exact) mass is 252 g/mol. The Morgan fingerprint density at radius 3 is 2.89 bits per heavy atom. The van der Waals surface area contributed by atoms with E-state index >= 15 is 0 Å². The van der Waals surface area contributed by atoms with Gasteiger partial charge in [0.25, 0.3) is 0 Å². The van der Waals surface area contributed by atoms with Gasteiger partial charge < -0.3 is 9.84 Å². The molecule has 0 bridgehead atoms. The lowest BCUT2D eigenvalue weighted by molar-refractivity contribution is 0.0561. The number of ether oxygens (including phenoxy) is 1. The fraction of sp³-hybridized carbons (Fsp3) is 0.786. The molecule has 2 unspecified atom stereocenters. The molecular weight excluding hydrogens is 228 g/mol. The lowest BCUT2D eigenvalue weighted by Gasteiger charge is -2.14. The highest BCUT2D eigenvalue weighted by atomic mass is 16.5. The number of hydrogen-bond donors (Lipinski definition) is 1. The Hall–Kier alpha value is -0.870. The Morgan fingerprint density at radius 1 is 1.50 bits per heavy atom. The van der Waals surface area contributed by atoms with E-state index < -0.39 is 0 Å². The third-order valence-electron chi connectivity index (χ3n) is 3.81. The molecular formula is C14H24N2O2. The molecule has 1 N–H and O–H groups in total. The van der Waals surface area contributed by atoms with Crippen LogP contribution in [0.1, 0.15) is 50.8 Å². The standard InChI is InChI=1S/C14H24N2O2/c1-11(18-2)9-14(17)10-12-7-8-16(15-12)13-5-3-4-6-13/h7-8,11,13-14,17H,3-6,9-10H2,1-2H3. The Labute approximate surface area is 109 Å². The largest absolute Gasteiger partial charge is 0.393 e. The van der Waals surface area contributed by atoms with Gasteiger partial charge in [-0.3, -0.25) is 4.68 Å². The molecule has 1 aliphatic carbocycles. The van der Waals surface area contributed by atoms with E-state index in [1.165, 1.54) is 25.7 Å². The number of methoxy groups -OCH3 is 1. The maximum Gasteiger partial charge on any atom is 0.0650 e. The van der Waals surface area contributed by atoms with Crippen molar-refractivity contribution in [3.05, 3.63) is 18.0 Å². The zero-order chi connectivity index (χ0) is 13.0. The molecule has 2 atom stereocenters. The molecule has 0 aromatic carbocycles. The molecule has 2 rings (SSSR count). The van der Waals surface area contributed by atoms with Crippen LogP contribution < -0.4 is 0 Å². The van der Waals surface area contributed by atoms with Gasteiger partial charge >= 0.3 is 0 Å². The summed E-state index contributed by atoms with van der Waals surface area (Å²) in [5, 5.41) is 14.5. The summed E-state index contributed by atoms with van der Waals surface area (Å²) < 4.78 is 7.24. The molecule has 1 aliphatic rings. The van der Waals surface area contributed by atoms with E-state index in [-0.39, 0.29) is 12.2 Å². The van der Waals surface area contributed by atoms with Crippen molar-refractivity contribution in [3.8, 4) is 0 Å². The first-order chi connectivity index (χ1) is 8.69. The smallest absolute Gasteiger partial charge is 0.0650 e. The molecule has 0 aliphatic heterocycles. The van der Waals surface area contributed by atoms with Crippen LogP contribution in [0.4, 0.5) is 0 Å². The average molecular weight is 252 g/mol. The number of nitrogens with zero attached hydrogens (tertiary/aromatic N) is 2. The normalized spacial score (nSPS) is 20.2.